The highest BCUT2D eigenvalue weighted by Crippen LogP contribution is 2.25. The summed E-state index contributed by atoms with van der Waals surface area (Å²) in [5, 5.41) is 0. The van der Waals surface area contributed by atoms with Crippen LogP contribution in [0.15, 0.2) is 24.3 Å². The Morgan fingerprint density at radius 2 is 1.92 bits per heavy atom. The normalized spacial score (nSPS) is 20.5. The monoisotopic (exact) mass is 348 g/mol. The molecule has 2 saturated heterocycles. The van der Waals surface area contributed by atoms with E-state index in [0.29, 0.717) is 24.7 Å². The third kappa shape index (κ3) is 3.86. The minimum Gasteiger partial charge on any atom is -0.494 e. The number of carbonyl (C=O) groups is 2. The first-order valence-electron chi connectivity index (χ1n) is 8.56. The van der Waals surface area contributed by atoms with E-state index < -0.39 is 0 Å². The molecular weight excluding hydrogens is 324 g/mol. The van der Waals surface area contributed by atoms with Crippen LogP contribution in [0.1, 0.15) is 25.3 Å². The summed E-state index contributed by atoms with van der Waals surface area (Å²) in [6.07, 6.45) is 2.48. The second kappa shape index (κ2) is 7.92. The van der Waals surface area contributed by atoms with Gasteiger partial charge >= 0.3 is 0 Å². The molecule has 0 radical (unpaired) electrons. The van der Waals surface area contributed by atoms with E-state index in [1.54, 1.807) is 16.7 Å². The Kier molecular flexibility index (Phi) is 5.66. The van der Waals surface area contributed by atoms with Crippen molar-refractivity contribution in [1.29, 1.82) is 0 Å². The summed E-state index contributed by atoms with van der Waals surface area (Å²) >= 11 is 1.66. The molecule has 24 heavy (non-hydrogen) atoms. The summed E-state index contributed by atoms with van der Waals surface area (Å²) in [6, 6.07) is 7.32. The summed E-state index contributed by atoms with van der Waals surface area (Å²) < 4.78 is 5.42. The molecule has 2 fully saturated rings. The topological polar surface area (TPSA) is 49.9 Å². The van der Waals surface area contributed by atoms with Gasteiger partial charge in [-0.25, -0.2) is 0 Å². The standard InChI is InChI=1S/C18H24N2O3S/c1-2-23-15-7-5-14(6-8-15)11-17(21)20-13-24-12-16(20)18(22)19-9-3-4-10-19/h5-8,16H,2-4,9-13H2,1H3/t16-/m0/s1. The molecule has 3 rings (SSSR count). The molecule has 130 valence electrons. The summed E-state index contributed by atoms with van der Waals surface area (Å²) in [5.74, 6) is 2.29. The minimum atomic E-state index is -0.289. The van der Waals surface area contributed by atoms with Crippen LogP contribution in [-0.4, -0.2) is 59.0 Å². The molecule has 1 aromatic carbocycles. The molecule has 2 heterocycles. The lowest BCUT2D eigenvalue weighted by molar-refractivity contribution is -0.142. The average Bonchev–Trinajstić information content (AvgIpc) is 3.28. The van der Waals surface area contributed by atoms with Crippen LogP contribution in [-0.2, 0) is 16.0 Å². The lowest BCUT2D eigenvalue weighted by Crippen LogP contribution is -2.48. The molecule has 0 bridgehead atoms. The number of ether oxygens (including phenoxy) is 1. The maximum absolute atomic E-state index is 12.7. The van der Waals surface area contributed by atoms with Gasteiger partial charge in [0.2, 0.25) is 11.8 Å². The fourth-order valence-corrected chi connectivity index (χ4v) is 4.36. The van der Waals surface area contributed by atoms with E-state index in [1.807, 2.05) is 36.1 Å². The van der Waals surface area contributed by atoms with E-state index in [4.69, 9.17) is 4.74 Å². The van der Waals surface area contributed by atoms with E-state index in [2.05, 4.69) is 0 Å². The van der Waals surface area contributed by atoms with Crippen molar-refractivity contribution in [3.8, 4) is 5.75 Å². The van der Waals surface area contributed by atoms with Crippen LogP contribution < -0.4 is 4.74 Å². The Hall–Kier alpha value is -1.69. The summed E-state index contributed by atoms with van der Waals surface area (Å²) in [5.41, 5.74) is 0.952. The Labute approximate surface area is 147 Å². The predicted octanol–water partition coefficient (Wildman–Crippen LogP) is 2.15. The molecule has 0 spiro atoms. The second-order valence-electron chi connectivity index (χ2n) is 6.17. The van der Waals surface area contributed by atoms with Crippen molar-refractivity contribution in [3.63, 3.8) is 0 Å². The number of carbonyl (C=O) groups excluding carboxylic acids is 2. The van der Waals surface area contributed by atoms with Crippen LogP contribution in [0.5, 0.6) is 5.75 Å². The zero-order valence-electron chi connectivity index (χ0n) is 14.1. The first-order chi connectivity index (χ1) is 11.7. The largest absolute Gasteiger partial charge is 0.494 e. The fourth-order valence-electron chi connectivity index (χ4n) is 3.19. The van der Waals surface area contributed by atoms with Gasteiger partial charge in [-0.3, -0.25) is 9.59 Å². The third-order valence-electron chi connectivity index (χ3n) is 4.50. The number of likely N-dealkylation sites (tertiary alicyclic amines) is 1. The van der Waals surface area contributed by atoms with Gasteiger partial charge < -0.3 is 14.5 Å². The Morgan fingerprint density at radius 3 is 2.58 bits per heavy atom. The molecule has 0 aliphatic carbocycles. The number of hydrogen-bond donors (Lipinski definition) is 0. The second-order valence-corrected chi connectivity index (χ2v) is 7.17. The molecule has 0 aromatic heterocycles. The van der Waals surface area contributed by atoms with Gasteiger partial charge in [0, 0.05) is 18.8 Å². The van der Waals surface area contributed by atoms with Crippen LogP contribution in [0.2, 0.25) is 0 Å². The van der Waals surface area contributed by atoms with Gasteiger partial charge in [0.05, 0.1) is 18.9 Å². The van der Waals surface area contributed by atoms with Gasteiger partial charge in [-0.1, -0.05) is 12.1 Å². The summed E-state index contributed by atoms with van der Waals surface area (Å²) in [4.78, 5) is 29.0. The number of hydrogen-bond acceptors (Lipinski definition) is 4. The smallest absolute Gasteiger partial charge is 0.246 e. The van der Waals surface area contributed by atoms with Crippen molar-refractivity contribution in [2.24, 2.45) is 0 Å². The molecule has 6 heteroatoms. The summed E-state index contributed by atoms with van der Waals surface area (Å²) in [6.45, 7) is 4.24. The predicted molar refractivity (Wildman–Crippen MR) is 95.1 cm³/mol. The lowest BCUT2D eigenvalue weighted by Gasteiger charge is -2.27. The molecular formula is C18H24N2O3S. The average molecular weight is 348 g/mol. The van der Waals surface area contributed by atoms with Gasteiger partial charge in [0.1, 0.15) is 11.8 Å². The molecule has 1 atom stereocenters. The SMILES string of the molecule is CCOc1ccc(CC(=O)N2CSC[C@H]2C(=O)N2CCCC2)cc1. The van der Waals surface area contributed by atoms with E-state index in [1.165, 1.54) is 0 Å². The highest BCUT2D eigenvalue weighted by atomic mass is 32.2. The fraction of sp³-hybridized carbons (Fsp3) is 0.556. The van der Waals surface area contributed by atoms with E-state index in [0.717, 1.165) is 37.2 Å². The zero-order valence-corrected chi connectivity index (χ0v) is 14.9. The van der Waals surface area contributed by atoms with Crippen molar-refractivity contribution >= 4 is 23.6 Å². The number of nitrogens with zero attached hydrogens (tertiary/aromatic N) is 2. The van der Waals surface area contributed by atoms with Crippen molar-refractivity contribution < 1.29 is 14.3 Å². The van der Waals surface area contributed by atoms with E-state index in [-0.39, 0.29) is 17.9 Å². The van der Waals surface area contributed by atoms with Gasteiger partial charge in [-0.2, -0.15) is 0 Å². The van der Waals surface area contributed by atoms with E-state index in [9.17, 15) is 9.59 Å². The van der Waals surface area contributed by atoms with Crippen LogP contribution >= 0.6 is 11.8 Å². The Morgan fingerprint density at radius 1 is 1.21 bits per heavy atom. The van der Waals surface area contributed by atoms with Crippen LogP contribution in [0.3, 0.4) is 0 Å². The quantitative estimate of drug-likeness (QED) is 0.818. The number of benzene rings is 1. The molecule has 0 unspecified atom stereocenters. The van der Waals surface area contributed by atoms with Gasteiger partial charge in [0.15, 0.2) is 0 Å². The Balaban J connectivity index is 1.61. The number of amides is 2. The summed E-state index contributed by atoms with van der Waals surface area (Å²) in [7, 11) is 0. The maximum atomic E-state index is 12.7. The lowest BCUT2D eigenvalue weighted by atomic mass is 10.1. The van der Waals surface area contributed by atoms with Crippen molar-refractivity contribution in [2.45, 2.75) is 32.2 Å². The maximum Gasteiger partial charge on any atom is 0.246 e. The van der Waals surface area contributed by atoms with Crippen LogP contribution in [0.4, 0.5) is 0 Å². The molecule has 0 saturated carbocycles. The molecule has 5 nitrogen and oxygen atoms in total. The van der Waals surface area contributed by atoms with Crippen molar-refractivity contribution in [2.75, 3.05) is 31.3 Å². The van der Waals surface area contributed by atoms with Crippen LogP contribution in [0.25, 0.3) is 0 Å². The first kappa shape index (κ1) is 17.1. The number of thioether (sulfide) groups is 1. The Bertz CT molecular complexity index is 584. The first-order valence-corrected chi connectivity index (χ1v) is 9.72. The highest BCUT2D eigenvalue weighted by molar-refractivity contribution is 7.99. The molecule has 2 amide bonds. The molecule has 0 N–H and O–H groups in total. The molecule has 2 aliphatic heterocycles. The van der Waals surface area contributed by atoms with Crippen LogP contribution in [0, 0.1) is 0 Å². The third-order valence-corrected chi connectivity index (χ3v) is 5.51. The van der Waals surface area contributed by atoms with Gasteiger partial charge in [-0.05, 0) is 37.5 Å². The van der Waals surface area contributed by atoms with Crippen molar-refractivity contribution in [1.82, 2.24) is 9.80 Å². The van der Waals surface area contributed by atoms with Gasteiger partial charge in [-0.15, -0.1) is 11.8 Å². The minimum absolute atomic E-state index is 0.0294. The molecule has 2 aliphatic rings. The van der Waals surface area contributed by atoms with Gasteiger partial charge in [0.25, 0.3) is 0 Å². The highest BCUT2D eigenvalue weighted by Gasteiger charge is 2.37. The molecule has 1 aromatic rings. The van der Waals surface area contributed by atoms with E-state index >= 15 is 0 Å². The number of rotatable bonds is 5. The van der Waals surface area contributed by atoms with Crippen molar-refractivity contribution in [3.05, 3.63) is 29.8 Å². The zero-order chi connectivity index (χ0) is 16.9.